The minimum absolute atomic E-state index is 0.110. The number of H-pyrrole nitrogens is 1. The molecule has 0 bridgehead atoms. The van der Waals surface area contributed by atoms with Crippen LogP contribution in [0.4, 0.5) is 17.2 Å². The molecule has 146 valence electrons. The van der Waals surface area contributed by atoms with E-state index in [1.165, 1.54) is 0 Å². The van der Waals surface area contributed by atoms with Gasteiger partial charge in [0.05, 0.1) is 18.9 Å². The maximum Gasteiger partial charge on any atom is 0.280 e. The summed E-state index contributed by atoms with van der Waals surface area (Å²) in [6.07, 6.45) is 0. The van der Waals surface area contributed by atoms with Crippen LogP contribution in [0.25, 0.3) is 0 Å². The highest BCUT2D eigenvalue weighted by Crippen LogP contribution is 2.30. The lowest BCUT2D eigenvalue weighted by molar-refractivity contribution is 0.102. The molecule has 3 rings (SSSR count). The Bertz CT molecular complexity index is 943. The van der Waals surface area contributed by atoms with E-state index in [2.05, 4.69) is 26.0 Å². The van der Waals surface area contributed by atoms with Crippen LogP contribution in [0, 0.1) is 0 Å². The van der Waals surface area contributed by atoms with Crippen LogP contribution >= 0.6 is 11.6 Å². The molecule has 0 aliphatic heterocycles. The second-order valence-electron chi connectivity index (χ2n) is 5.63. The summed E-state index contributed by atoms with van der Waals surface area (Å²) < 4.78 is 11.1. The zero-order valence-corrected chi connectivity index (χ0v) is 16.2. The molecule has 3 N–H and O–H groups in total. The van der Waals surface area contributed by atoms with Crippen LogP contribution in [-0.4, -0.2) is 34.5 Å². The van der Waals surface area contributed by atoms with E-state index in [0.717, 1.165) is 5.69 Å². The second-order valence-corrected chi connectivity index (χ2v) is 6.07. The predicted octanol–water partition coefficient (Wildman–Crippen LogP) is 4.25. The molecule has 8 nitrogen and oxygen atoms in total. The van der Waals surface area contributed by atoms with Crippen molar-refractivity contribution in [2.75, 3.05) is 23.8 Å². The van der Waals surface area contributed by atoms with Crippen molar-refractivity contribution in [1.82, 2.24) is 15.4 Å². The summed E-state index contributed by atoms with van der Waals surface area (Å²) in [5, 5.41) is 16.9. The van der Waals surface area contributed by atoms with Crippen molar-refractivity contribution in [3.63, 3.8) is 0 Å². The number of halogens is 1. The maximum atomic E-state index is 12.8. The third-order valence-electron chi connectivity index (χ3n) is 3.68. The monoisotopic (exact) mass is 401 g/mol. The van der Waals surface area contributed by atoms with Gasteiger partial charge in [0, 0.05) is 16.8 Å². The van der Waals surface area contributed by atoms with E-state index in [1.54, 1.807) is 42.5 Å². The van der Waals surface area contributed by atoms with E-state index < -0.39 is 5.91 Å². The summed E-state index contributed by atoms with van der Waals surface area (Å²) >= 11 is 5.89. The molecule has 0 spiro atoms. The lowest BCUT2D eigenvalue weighted by Gasteiger charge is -2.13. The highest BCUT2D eigenvalue weighted by Gasteiger charge is 2.19. The van der Waals surface area contributed by atoms with Crippen molar-refractivity contribution in [1.29, 1.82) is 0 Å². The van der Waals surface area contributed by atoms with Gasteiger partial charge in [-0.2, -0.15) is 5.21 Å². The molecule has 0 aliphatic carbocycles. The van der Waals surface area contributed by atoms with E-state index in [4.69, 9.17) is 21.1 Å². The van der Waals surface area contributed by atoms with E-state index >= 15 is 0 Å². The maximum absolute atomic E-state index is 12.8. The van der Waals surface area contributed by atoms with Crippen molar-refractivity contribution in [2.45, 2.75) is 13.8 Å². The fourth-order valence-corrected chi connectivity index (χ4v) is 2.60. The highest BCUT2D eigenvalue weighted by molar-refractivity contribution is 6.30. The van der Waals surface area contributed by atoms with Crippen LogP contribution in [0.2, 0.25) is 5.02 Å². The number of ether oxygens (including phenoxy) is 2. The normalized spacial score (nSPS) is 10.4. The largest absolute Gasteiger partial charge is 0.494 e. The van der Waals surface area contributed by atoms with Gasteiger partial charge in [-0.05, 0) is 50.2 Å². The molecule has 0 atom stereocenters. The first kappa shape index (κ1) is 19.5. The average Bonchev–Trinajstić information content (AvgIpc) is 3.14. The molecule has 28 heavy (non-hydrogen) atoms. The summed E-state index contributed by atoms with van der Waals surface area (Å²) in [7, 11) is 0. The summed E-state index contributed by atoms with van der Waals surface area (Å²) in [6, 6.07) is 12.3. The second kappa shape index (κ2) is 9.09. The molecular weight excluding hydrogens is 382 g/mol. The SMILES string of the molecule is CCOc1ccc(OCC)c(NC(=O)c2n[nH]nc2Nc2ccc(Cl)cc2)c1. The minimum Gasteiger partial charge on any atom is -0.494 e. The molecule has 1 amide bonds. The Kier molecular flexibility index (Phi) is 6.33. The Morgan fingerprint density at radius 3 is 2.54 bits per heavy atom. The van der Waals surface area contributed by atoms with Crippen molar-refractivity contribution in [2.24, 2.45) is 0 Å². The van der Waals surface area contributed by atoms with Gasteiger partial charge in [-0.15, -0.1) is 10.2 Å². The first-order valence-electron chi connectivity index (χ1n) is 8.75. The number of amides is 1. The molecule has 2 aromatic carbocycles. The molecule has 1 aromatic heterocycles. The number of carbonyl (C=O) groups excluding carboxylic acids is 1. The van der Waals surface area contributed by atoms with E-state index in [-0.39, 0.29) is 5.69 Å². The number of nitrogens with zero attached hydrogens (tertiary/aromatic N) is 2. The molecule has 0 saturated carbocycles. The number of hydrogen-bond acceptors (Lipinski definition) is 6. The number of benzene rings is 2. The molecule has 3 aromatic rings. The van der Waals surface area contributed by atoms with Crippen molar-refractivity contribution in [3.05, 3.63) is 53.2 Å². The molecule has 0 fully saturated rings. The fraction of sp³-hybridized carbons (Fsp3) is 0.211. The Balaban J connectivity index is 1.81. The number of hydrogen-bond donors (Lipinski definition) is 3. The zero-order chi connectivity index (χ0) is 19.9. The fourth-order valence-electron chi connectivity index (χ4n) is 2.47. The van der Waals surface area contributed by atoms with E-state index in [9.17, 15) is 4.79 Å². The van der Waals surface area contributed by atoms with Gasteiger partial charge < -0.3 is 20.1 Å². The van der Waals surface area contributed by atoms with Crippen molar-refractivity contribution < 1.29 is 14.3 Å². The first-order valence-corrected chi connectivity index (χ1v) is 9.12. The third kappa shape index (κ3) is 4.72. The molecule has 0 unspecified atom stereocenters. The highest BCUT2D eigenvalue weighted by atomic mass is 35.5. The quantitative estimate of drug-likeness (QED) is 0.521. The molecule has 0 radical (unpaired) electrons. The number of aromatic amines is 1. The van der Waals surface area contributed by atoms with Crippen molar-refractivity contribution in [3.8, 4) is 11.5 Å². The molecule has 0 saturated heterocycles. The van der Waals surface area contributed by atoms with Gasteiger partial charge in [-0.25, -0.2) is 0 Å². The van der Waals surface area contributed by atoms with Crippen LogP contribution in [0.3, 0.4) is 0 Å². The third-order valence-corrected chi connectivity index (χ3v) is 3.93. The number of aromatic nitrogens is 3. The van der Waals surface area contributed by atoms with Gasteiger partial charge >= 0.3 is 0 Å². The first-order chi connectivity index (χ1) is 13.6. The molecular formula is C19H20ClN5O3. The number of carbonyl (C=O) groups is 1. The van der Waals surface area contributed by atoms with Gasteiger partial charge in [0.25, 0.3) is 5.91 Å². The summed E-state index contributed by atoms with van der Waals surface area (Å²) in [4.78, 5) is 12.8. The lowest BCUT2D eigenvalue weighted by atomic mass is 10.2. The summed E-state index contributed by atoms with van der Waals surface area (Å²) in [5.74, 6) is 1.01. The molecule has 1 heterocycles. The minimum atomic E-state index is -0.445. The van der Waals surface area contributed by atoms with E-state index in [1.807, 2.05) is 13.8 Å². The van der Waals surface area contributed by atoms with Gasteiger partial charge in [0.15, 0.2) is 11.5 Å². The van der Waals surface area contributed by atoms with Crippen LogP contribution in [0.15, 0.2) is 42.5 Å². The number of anilines is 3. The smallest absolute Gasteiger partial charge is 0.280 e. The summed E-state index contributed by atoms with van der Waals surface area (Å²) in [6.45, 7) is 4.73. The van der Waals surface area contributed by atoms with Crippen LogP contribution in [-0.2, 0) is 0 Å². The lowest BCUT2D eigenvalue weighted by Crippen LogP contribution is -2.15. The Hall–Kier alpha value is -3.26. The predicted molar refractivity (Wildman–Crippen MR) is 108 cm³/mol. The van der Waals surface area contributed by atoms with Gasteiger partial charge in [0.1, 0.15) is 11.5 Å². The van der Waals surface area contributed by atoms with Gasteiger partial charge in [0.2, 0.25) is 0 Å². The van der Waals surface area contributed by atoms with Crippen LogP contribution < -0.4 is 20.1 Å². The summed E-state index contributed by atoms with van der Waals surface area (Å²) in [5.41, 5.74) is 1.32. The van der Waals surface area contributed by atoms with Crippen LogP contribution in [0.1, 0.15) is 24.3 Å². The Morgan fingerprint density at radius 2 is 1.82 bits per heavy atom. The Morgan fingerprint density at radius 1 is 1.07 bits per heavy atom. The number of nitrogens with one attached hydrogen (secondary N) is 3. The van der Waals surface area contributed by atoms with E-state index in [0.29, 0.717) is 41.2 Å². The zero-order valence-electron chi connectivity index (χ0n) is 15.5. The molecule has 9 heteroatoms. The standard InChI is InChI=1S/C19H20ClN5O3/c1-3-27-14-9-10-16(28-4-2)15(11-14)22-19(26)17-18(24-25-23-17)21-13-7-5-12(20)6-8-13/h5-11H,3-4H2,1-2H3,(H,22,26)(H2,21,23,24,25). The van der Waals surface area contributed by atoms with Crippen molar-refractivity contribution >= 4 is 34.7 Å². The molecule has 0 aliphatic rings. The Labute approximate surface area is 167 Å². The van der Waals surface area contributed by atoms with Gasteiger partial charge in [-0.1, -0.05) is 11.6 Å². The topological polar surface area (TPSA) is 101 Å². The average molecular weight is 402 g/mol. The number of rotatable bonds is 8. The van der Waals surface area contributed by atoms with Gasteiger partial charge in [-0.3, -0.25) is 4.79 Å². The van der Waals surface area contributed by atoms with Crippen LogP contribution in [0.5, 0.6) is 11.5 Å².